The zero-order valence-corrected chi connectivity index (χ0v) is 13.0. The Morgan fingerprint density at radius 3 is 2.35 bits per heavy atom. The highest BCUT2D eigenvalue weighted by molar-refractivity contribution is 5.56. The summed E-state index contributed by atoms with van der Waals surface area (Å²) < 4.78 is 0. The third kappa shape index (κ3) is 2.94. The van der Waals surface area contributed by atoms with Crippen LogP contribution in [-0.2, 0) is 0 Å². The smallest absolute Gasteiger partial charge is 0.0367 e. The molecule has 0 spiro atoms. The van der Waals surface area contributed by atoms with E-state index in [1.807, 2.05) is 0 Å². The molecule has 110 valence electrons. The van der Waals surface area contributed by atoms with Gasteiger partial charge in [-0.15, -0.1) is 0 Å². The topological polar surface area (TPSA) is 15.3 Å². The lowest BCUT2D eigenvalue weighted by atomic mass is 9.73. The fraction of sp³-hybridized carbons (Fsp3) is 0.667. The molecule has 1 aliphatic carbocycles. The van der Waals surface area contributed by atoms with E-state index in [1.54, 1.807) is 0 Å². The lowest BCUT2D eigenvalue weighted by Crippen LogP contribution is -2.38. The van der Waals surface area contributed by atoms with E-state index in [1.165, 1.54) is 63.0 Å². The van der Waals surface area contributed by atoms with Crippen LogP contribution in [0.3, 0.4) is 0 Å². The van der Waals surface area contributed by atoms with E-state index in [9.17, 15) is 0 Å². The normalized spacial score (nSPS) is 25.7. The van der Waals surface area contributed by atoms with Crippen LogP contribution >= 0.6 is 0 Å². The van der Waals surface area contributed by atoms with Crippen molar-refractivity contribution in [1.29, 1.82) is 0 Å². The second kappa shape index (κ2) is 5.67. The lowest BCUT2D eigenvalue weighted by molar-refractivity contribution is 0.217. The monoisotopic (exact) mass is 272 g/mol. The SMILES string of the molecule is CC1(C)CCCCC1Nc1ccc(N2CCCC2)cc1. The number of hydrogen-bond donors (Lipinski definition) is 1. The summed E-state index contributed by atoms with van der Waals surface area (Å²) >= 11 is 0. The van der Waals surface area contributed by atoms with Gasteiger partial charge in [-0.1, -0.05) is 26.7 Å². The number of nitrogens with zero attached hydrogens (tertiary/aromatic N) is 1. The third-order valence-electron chi connectivity index (χ3n) is 5.19. The maximum absolute atomic E-state index is 3.77. The Morgan fingerprint density at radius 1 is 1.00 bits per heavy atom. The van der Waals surface area contributed by atoms with Gasteiger partial charge in [0.2, 0.25) is 0 Å². The molecule has 3 rings (SSSR count). The summed E-state index contributed by atoms with van der Waals surface area (Å²) in [5.74, 6) is 0. The molecule has 1 heterocycles. The fourth-order valence-corrected chi connectivity index (χ4v) is 3.71. The van der Waals surface area contributed by atoms with Crippen LogP contribution < -0.4 is 10.2 Å². The van der Waals surface area contributed by atoms with Crippen LogP contribution in [0.15, 0.2) is 24.3 Å². The Kier molecular flexibility index (Phi) is 3.91. The Hall–Kier alpha value is -1.18. The highest BCUT2D eigenvalue weighted by atomic mass is 15.1. The van der Waals surface area contributed by atoms with Gasteiger partial charge in [0.15, 0.2) is 0 Å². The molecular formula is C18H28N2. The van der Waals surface area contributed by atoms with Crippen molar-refractivity contribution in [1.82, 2.24) is 0 Å². The van der Waals surface area contributed by atoms with Crippen LogP contribution in [0.5, 0.6) is 0 Å². The third-order valence-corrected chi connectivity index (χ3v) is 5.19. The van der Waals surface area contributed by atoms with Crippen molar-refractivity contribution in [2.24, 2.45) is 5.41 Å². The second-order valence-corrected chi connectivity index (χ2v) is 7.17. The Bertz CT molecular complexity index is 429. The number of benzene rings is 1. The van der Waals surface area contributed by atoms with Crippen molar-refractivity contribution < 1.29 is 0 Å². The molecule has 1 N–H and O–H groups in total. The number of rotatable bonds is 3. The number of anilines is 2. The van der Waals surface area contributed by atoms with E-state index in [2.05, 4.69) is 48.3 Å². The van der Waals surface area contributed by atoms with E-state index in [4.69, 9.17) is 0 Å². The fourth-order valence-electron chi connectivity index (χ4n) is 3.71. The molecule has 2 heteroatoms. The standard InChI is InChI=1S/C18H28N2/c1-18(2)12-4-3-7-17(18)19-15-8-10-16(11-9-15)20-13-5-6-14-20/h8-11,17,19H,3-7,12-14H2,1-2H3. The molecule has 2 fully saturated rings. The van der Waals surface area contributed by atoms with Gasteiger partial charge < -0.3 is 10.2 Å². The summed E-state index contributed by atoms with van der Waals surface area (Å²) in [6, 6.07) is 9.71. The Morgan fingerprint density at radius 2 is 1.70 bits per heavy atom. The number of hydrogen-bond acceptors (Lipinski definition) is 2. The van der Waals surface area contributed by atoms with Crippen molar-refractivity contribution in [2.45, 2.75) is 58.4 Å². The quantitative estimate of drug-likeness (QED) is 0.860. The predicted molar refractivity (Wildman–Crippen MR) is 87.5 cm³/mol. The first-order chi connectivity index (χ1) is 9.65. The highest BCUT2D eigenvalue weighted by Gasteiger charge is 2.31. The van der Waals surface area contributed by atoms with E-state index in [-0.39, 0.29) is 0 Å². The minimum atomic E-state index is 0.422. The van der Waals surface area contributed by atoms with E-state index in [0.717, 1.165) is 0 Å². The summed E-state index contributed by atoms with van der Waals surface area (Å²) in [5.41, 5.74) is 3.09. The van der Waals surface area contributed by atoms with Crippen molar-refractivity contribution in [3.8, 4) is 0 Å². The molecule has 1 aromatic rings. The lowest BCUT2D eigenvalue weighted by Gasteiger charge is -2.39. The molecule has 0 radical (unpaired) electrons. The predicted octanol–water partition coefficient (Wildman–Crippen LogP) is 4.67. The Labute approximate surface area is 123 Å². The maximum Gasteiger partial charge on any atom is 0.0367 e. The first kappa shape index (κ1) is 13.8. The molecule has 1 aliphatic heterocycles. The van der Waals surface area contributed by atoms with Crippen LogP contribution in [-0.4, -0.2) is 19.1 Å². The number of nitrogens with one attached hydrogen (secondary N) is 1. The van der Waals surface area contributed by atoms with Gasteiger partial charge >= 0.3 is 0 Å². The molecule has 1 saturated heterocycles. The van der Waals surface area contributed by atoms with Crippen LogP contribution in [0, 0.1) is 5.41 Å². The Balaban J connectivity index is 1.65. The minimum Gasteiger partial charge on any atom is -0.382 e. The summed E-state index contributed by atoms with van der Waals surface area (Å²) in [5, 5.41) is 3.77. The average molecular weight is 272 g/mol. The van der Waals surface area contributed by atoms with Crippen molar-refractivity contribution in [2.75, 3.05) is 23.3 Å². The molecule has 0 aromatic heterocycles. The molecule has 1 aromatic carbocycles. The summed E-state index contributed by atoms with van der Waals surface area (Å²) in [7, 11) is 0. The maximum atomic E-state index is 3.77. The average Bonchev–Trinajstić information content (AvgIpc) is 2.96. The first-order valence-corrected chi connectivity index (χ1v) is 8.27. The van der Waals surface area contributed by atoms with Crippen LogP contribution in [0.2, 0.25) is 0 Å². The first-order valence-electron chi connectivity index (χ1n) is 8.27. The van der Waals surface area contributed by atoms with Gasteiger partial charge in [-0.2, -0.15) is 0 Å². The van der Waals surface area contributed by atoms with Gasteiger partial charge in [0.1, 0.15) is 0 Å². The van der Waals surface area contributed by atoms with Crippen LogP contribution in [0.4, 0.5) is 11.4 Å². The van der Waals surface area contributed by atoms with E-state index < -0.39 is 0 Å². The summed E-state index contributed by atoms with van der Waals surface area (Å²) in [6.45, 7) is 7.26. The van der Waals surface area contributed by atoms with E-state index >= 15 is 0 Å². The molecule has 2 nitrogen and oxygen atoms in total. The molecule has 1 unspecified atom stereocenters. The zero-order chi connectivity index (χ0) is 14.0. The van der Waals surface area contributed by atoms with Gasteiger partial charge in [-0.05, 0) is 55.4 Å². The highest BCUT2D eigenvalue weighted by Crippen LogP contribution is 2.37. The largest absolute Gasteiger partial charge is 0.382 e. The molecule has 1 atom stereocenters. The van der Waals surface area contributed by atoms with Gasteiger partial charge in [0.05, 0.1) is 0 Å². The van der Waals surface area contributed by atoms with Gasteiger partial charge in [0, 0.05) is 30.5 Å². The van der Waals surface area contributed by atoms with Gasteiger partial charge in [-0.3, -0.25) is 0 Å². The zero-order valence-electron chi connectivity index (χ0n) is 13.0. The molecule has 2 aliphatic rings. The molecule has 0 bridgehead atoms. The molecule has 20 heavy (non-hydrogen) atoms. The van der Waals surface area contributed by atoms with Gasteiger partial charge in [-0.25, -0.2) is 0 Å². The van der Waals surface area contributed by atoms with Crippen LogP contribution in [0.1, 0.15) is 52.4 Å². The van der Waals surface area contributed by atoms with Crippen molar-refractivity contribution in [3.05, 3.63) is 24.3 Å². The van der Waals surface area contributed by atoms with Crippen molar-refractivity contribution >= 4 is 11.4 Å². The second-order valence-electron chi connectivity index (χ2n) is 7.17. The summed E-state index contributed by atoms with van der Waals surface area (Å²) in [6.07, 6.45) is 8.09. The van der Waals surface area contributed by atoms with E-state index in [0.29, 0.717) is 11.5 Å². The molecular weight excluding hydrogens is 244 g/mol. The minimum absolute atomic E-state index is 0.422. The molecule has 0 amide bonds. The van der Waals surface area contributed by atoms with Crippen molar-refractivity contribution in [3.63, 3.8) is 0 Å². The summed E-state index contributed by atoms with van der Waals surface area (Å²) in [4.78, 5) is 2.49. The van der Waals surface area contributed by atoms with Crippen LogP contribution in [0.25, 0.3) is 0 Å². The van der Waals surface area contributed by atoms with Gasteiger partial charge in [0.25, 0.3) is 0 Å². The molecule has 1 saturated carbocycles.